The average molecular weight is 372 g/mol. The van der Waals surface area contributed by atoms with E-state index in [2.05, 4.69) is 10.6 Å². The Balaban J connectivity index is 2.12. The number of hydrogen-bond acceptors (Lipinski definition) is 5. The molecule has 0 fully saturated rings. The summed E-state index contributed by atoms with van der Waals surface area (Å²) in [5, 5.41) is 5.46. The predicted molar refractivity (Wildman–Crippen MR) is 103 cm³/mol. The van der Waals surface area contributed by atoms with Crippen molar-refractivity contribution in [2.75, 3.05) is 32.7 Å². The summed E-state index contributed by atoms with van der Waals surface area (Å²) in [6.07, 6.45) is 0. The molecule has 0 saturated carbocycles. The Labute approximate surface area is 158 Å². The molecule has 0 spiro atoms. The molecule has 0 atom stereocenters. The van der Waals surface area contributed by atoms with Gasteiger partial charge in [0.1, 0.15) is 17.2 Å². The van der Waals surface area contributed by atoms with Gasteiger partial charge in [-0.3, -0.25) is 9.59 Å². The van der Waals surface area contributed by atoms with Crippen molar-refractivity contribution in [2.24, 2.45) is 0 Å². The van der Waals surface area contributed by atoms with Gasteiger partial charge in [0.2, 0.25) is 0 Å². The van der Waals surface area contributed by atoms with Gasteiger partial charge in [-0.1, -0.05) is 6.07 Å². The minimum Gasteiger partial charge on any atom is -0.496 e. The fourth-order valence-electron chi connectivity index (χ4n) is 2.48. The van der Waals surface area contributed by atoms with Crippen LogP contribution in [0.1, 0.15) is 22.8 Å². The van der Waals surface area contributed by atoms with Crippen molar-refractivity contribution in [3.63, 3.8) is 0 Å². The van der Waals surface area contributed by atoms with E-state index in [-0.39, 0.29) is 18.4 Å². The highest BCUT2D eigenvalue weighted by molar-refractivity contribution is 6.05. The van der Waals surface area contributed by atoms with Crippen molar-refractivity contribution < 1.29 is 23.8 Å². The molecule has 2 amide bonds. The van der Waals surface area contributed by atoms with Crippen molar-refractivity contribution >= 4 is 17.5 Å². The van der Waals surface area contributed by atoms with Crippen molar-refractivity contribution in [3.05, 3.63) is 47.5 Å². The number of rotatable bonds is 8. The van der Waals surface area contributed by atoms with E-state index < -0.39 is 0 Å². The quantitative estimate of drug-likeness (QED) is 0.744. The summed E-state index contributed by atoms with van der Waals surface area (Å²) < 4.78 is 16.0. The first-order chi connectivity index (χ1) is 13.0. The largest absolute Gasteiger partial charge is 0.496 e. The van der Waals surface area contributed by atoms with Gasteiger partial charge in [-0.2, -0.15) is 0 Å². The third-order valence-corrected chi connectivity index (χ3v) is 3.85. The van der Waals surface area contributed by atoms with Gasteiger partial charge in [-0.15, -0.1) is 0 Å². The van der Waals surface area contributed by atoms with E-state index in [9.17, 15) is 9.59 Å². The number of carbonyl (C=O) groups excluding carboxylic acids is 2. The fourth-order valence-corrected chi connectivity index (χ4v) is 2.48. The molecule has 144 valence electrons. The second kappa shape index (κ2) is 9.47. The second-order valence-electron chi connectivity index (χ2n) is 5.73. The average Bonchev–Trinajstić information content (AvgIpc) is 2.67. The molecule has 2 N–H and O–H groups in total. The smallest absolute Gasteiger partial charge is 0.257 e. The maximum absolute atomic E-state index is 12.6. The van der Waals surface area contributed by atoms with E-state index in [1.807, 2.05) is 13.8 Å². The second-order valence-corrected chi connectivity index (χ2v) is 5.73. The summed E-state index contributed by atoms with van der Waals surface area (Å²) in [7, 11) is 3.08. The lowest BCUT2D eigenvalue weighted by molar-refractivity contribution is -0.122. The van der Waals surface area contributed by atoms with Crippen molar-refractivity contribution in [1.82, 2.24) is 5.32 Å². The molecule has 0 aromatic heterocycles. The molecule has 0 aliphatic heterocycles. The molecule has 2 aromatic rings. The number of methoxy groups -OCH3 is 2. The highest BCUT2D eigenvalue weighted by Crippen LogP contribution is 2.30. The molecule has 0 aliphatic carbocycles. The van der Waals surface area contributed by atoms with E-state index in [1.54, 1.807) is 50.6 Å². The van der Waals surface area contributed by atoms with Gasteiger partial charge in [0, 0.05) is 29.4 Å². The van der Waals surface area contributed by atoms with Crippen LogP contribution in [0.2, 0.25) is 0 Å². The first-order valence-corrected chi connectivity index (χ1v) is 8.52. The Morgan fingerprint density at radius 3 is 2.30 bits per heavy atom. The van der Waals surface area contributed by atoms with Gasteiger partial charge in [0.25, 0.3) is 11.8 Å². The lowest BCUT2D eigenvalue weighted by atomic mass is 10.1. The highest BCUT2D eigenvalue weighted by atomic mass is 16.5. The number of carbonyl (C=O) groups is 2. The molecule has 27 heavy (non-hydrogen) atoms. The van der Waals surface area contributed by atoms with Crippen LogP contribution in [0.5, 0.6) is 17.2 Å². The van der Waals surface area contributed by atoms with Crippen molar-refractivity contribution in [2.45, 2.75) is 13.8 Å². The number of likely N-dealkylation sites (N-methyl/N-ethyl adjacent to an activating group) is 1. The molecule has 7 nitrogen and oxygen atoms in total. The van der Waals surface area contributed by atoms with Gasteiger partial charge < -0.3 is 24.8 Å². The third kappa shape index (κ3) is 5.37. The van der Waals surface area contributed by atoms with Crippen LogP contribution in [0.25, 0.3) is 0 Å². The number of hydrogen-bond donors (Lipinski definition) is 2. The van der Waals surface area contributed by atoms with Crippen LogP contribution in [0.4, 0.5) is 5.69 Å². The first kappa shape index (κ1) is 20.1. The Morgan fingerprint density at radius 1 is 1.04 bits per heavy atom. The number of ether oxygens (including phenoxy) is 3. The van der Waals surface area contributed by atoms with E-state index >= 15 is 0 Å². The standard InChI is InChI=1S/C20H24N2O5/c1-5-21-19(23)12-27-16-8-6-7-15(11-16)22-20(24)14-9-17(25-3)13(2)18(10-14)26-4/h6-11H,5,12H2,1-4H3,(H,21,23)(H,22,24). The molecular weight excluding hydrogens is 348 g/mol. The molecular formula is C20H24N2O5. The van der Waals surface area contributed by atoms with Crippen molar-refractivity contribution in [1.29, 1.82) is 0 Å². The van der Waals surface area contributed by atoms with Gasteiger partial charge in [-0.05, 0) is 38.1 Å². The zero-order valence-corrected chi connectivity index (χ0v) is 15.9. The monoisotopic (exact) mass is 372 g/mol. The molecule has 0 saturated heterocycles. The van der Waals surface area contributed by atoms with Gasteiger partial charge in [0.15, 0.2) is 6.61 Å². The molecule has 0 unspecified atom stereocenters. The molecule has 0 radical (unpaired) electrons. The maximum Gasteiger partial charge on any atom is 0.257 e. The van der Waals surface area contributed by atoms with E-state index in [4.69, 9.17) is 14.2 Å². The third-order valence-electron chi connectivity index (χ3n) is 3.85. The van der Waals surface area contributed by atoms with Crippen LogP contribution in [-0.4, -0.2) is 39.2 Å². The van der Waals surface area contributed by atoms with E-state index in [0.29, 0.717) is 35.0 Å². The minimum atomic E-state index is -0.313. The number of nitrogens with one attached hydrogen (secondary N) is 2. The molecule has 2 aromatic carbocycles. The Morgan fingerprint density at radius 2 is 1.70 bits per heavy atom. The van der Waals surface area contributed by atoms with Crippen LogP contribution in [0, 0.1) is 6.92 Å². The minimum absolute atomic E-state index is 0.0857. The zero-order chi connectivity index (χ0) is 19.8. The predicted octanol–water partition coefficient (Wildman–Crippen LogP) is 2.78. The number of benzene rings is 2. The SMILES string of the molecule is CCNC(=O)COc1cccc(NC(=O)c2cc(OC)c(C)c(OC)c2)c1. The fraction of sp³-hybridized carbons (Fsp3) is 0.300. The van der Waals surface area contributed by atoms with Crippen LogP contribution < -0.4 is 24.8 Å². The van der Waals surface area contributed by atoms with Crippen LogP contribution >= 0.6 is 0 Å². The lowest BCUT2D eigenvalue weighted by Gasteiger charge is -2.13. The number of anilines is 1. The Hall–Kier alpha value is -3.22. The summed E-state index contributed by atoms with van der Waals surface area (Å²) >= 11 is 0. The summed E-state index contributed by atoms with van der Waals surface area (Å²) in [5.74, 6) is 1.11. The molecule has 0 bridgehead atoms. The normalized spacial score (nSPS) is 10.1. The maximum atomic E-state index is 12.6. The molecule has 7 heteroatoms. The van der Waals surface area contributed by atoms with Crippen LogP contribution in [0.3, 0.4) is 0 Å². The van der Waals surface area contributed by atoms with E-state index in [1.165, 1.54) is 0 Å². The molecule has 2 rings (SSSR count). The summed E-state index contributed by atoms with van der Waals surface area (Å²) in [6.45, 7) is 4.15. The Kier molecular flexibility index (Phi) is 7.05. The van der Waals surface area contributed by atoms with Crippen LogP contribution in [-0.2, 0) is 4.79 Å². The summed E-state index contributed by atoms with van der Waals surface area (Å²) in [4.78, 5) is 24.1. The topological polar surface area (TPSA) is 85.9 Å². The first-order valence-electron chi connectivity index (χ1n) is 8.52. The van der Waals surface area contributed by atoms with Gasteiger partial charge in [-0.25, -0.2) is 0 Å². The van der Waals surface area contributed by atoms with Crippen molar-refractivity contribution in [3.8, 4) is 17.2 Å². The Bertz CT molecular complexity index is 795. The number of amides is 2. The lowest BCUT2D eigenvalue weighted by Crippen LogP contribution is -2.28. The van der Waals surface area contributed by atoms with Gasteiger partial charge >= 0.3 is 0 Å². The summed E-state index contributed by atoms with van der Waals surface area (Å²) in [6, 6.07) is 10.1. The molecule has 0 aliphatic rings. The van der Waals surface area contributed by atoms with Crippen LogP contribution in [0.15, 0.2) is 36.4 Å². The highest BCUT2D eigenvalue weighted by Gasteiger charge is 2.14. The van der Waals surface area contributed by atoms with Gasteiger partial charge in [0.05, 0.1) is 14.2 Å². The zero-order valence-electron chi connectivity index (χ0n) is 15.9. The summed E-state index contributed by atoms with van der Waals surface area (Å²) in [5.41, 5.74) is 1.77. The molecule has 0 heterocycles. The van der Waals surface area contributed by atoms with E-state index in [0.717, 1.165) is 5.56 Å².